The van der Waals surface area contributed by atoms with Crippen molar-refractivity contribution in [2.75, 3.05) is 0 Å². The van der Waals surface area contributed by atoms with Gasteiger partial charge in [-0.05, 0) is 70.8 Å². The van der Waals surface area contributed by atoms with Crippen LogP contribution in [0.2, 0.25) is 0 Å². The summed E-state index contributed by atoms with van der Waals surface area (Å²) in [5.41, 5.74) is 11.5. The molecule has 2 atom stereocenters. The molecule has 11 rings (SSSR count). The highest BCUT2D eigenvalue weighted by Crippen LogP contribution is 2.49. The van der Waals surface area contributed by atoms with Gasteiger partial charge in [0.1, 0.15) is 23.3 Å². The van der Waals surface area contributed by atoms with Gasteiger partial charge in [-0.3, -0.25) is 0 Å². The predicted molar refractivity (Wildman–Crippen MR) is 217 cm³/mol. The lowest BCUT2D eigenvalue weighted by Gasteiger charge is -2.24. The molecule has 1 aliphatic carbocycles. The third-order valence-corrected chi connectivity index (χ3v) is 12.1. The number of aromatic nitrogens is 1. The molecular weight excluding hydrogens is 655 g/mol. The van der Waals surface area contributed by atoms with Gasteiger partial charge in [-0.1, -0.05) is 122 Å². The molecule has 0 spiro atoms. The van der Waals surface area contributed by atoms with E-state index in [2.05, 4.69) is 162 Å². The number of hydrogen-bond acceptors (Lipinski definition) is 4. The Hall–Kier alpha value is -6.17. The van der Waals surface area contributed by atoms with Crippen molar-refractivity contribution in [3.63, 3.8) is 0 Å². The van der Waals surface area contributed by atoms with Crippen molar-refractivity contribution < 1.29 is 4.74 Å². The number of benzene rings is 6. The molecule has 5 heteroatoms. The Bertz CT molecular complexity index is 2780. The van der Waals surface area contributed by atoms with E-state index in [4.69, 9.17) is 9.73 Å². The zero-order valence-electron chi connectivity index (χ0n) is 28.5. The molecule has 248 valence electrons. The van der Waals surface area contributed by atoms with E-state index in [0.29, 0.717) is 5.92 Å². The lowest BCUT2D eigenvalue weighted by Crippen LogP contribution is -2.33. The van der Waals surface area contributed by atoms with Crippen LogP contribution >= 0.6 is 11.3 Å². The number of amidine groups is 1. The predicted octanol–water partition coefficient (Wildman–Crippen LogP) is 12.0. The number of ether oxygens (including phenoxy) is 1. The van der Waals surface area contributed by atoms with Crippen molar-refractivity contribution in [2.24, 2.45) is 4.99 Å². The SMILES string of the molecule is CC1CC=Cc2sc3c(C4=C5Oc6cc(-c7ccc(-n8c9ccccc9c9ccccc98)cc7)ccc6C5NC(c5ccccc5)=N4)cccc3c21. The van der Waals surface area contributed by atoms with E-state index in [1.54, 1.807) is 0 Å². The van der Waals surface area contributed by atoms with Crippen LogP contribution in [-0.2, 0) is 0 Å². The van der Waals surface area contributed by atoms with Gasteiger partial charge in [-0.25, -0.2) is 4.99 Å². The highest BCUT2D eigenvalue weighted by atomic mass is 32.1. The first-order valence-electron chi connectivity index (χ1n) is 18.0. The summed E-state index contributed by atoms with van der Waals surface area (Å²) in [5, 5.41) is 7.62. The molecule has 1 N–H and O–H groups in total. The van der Waals surface area contributed by atoms with E-state index in [9.17, 15) is 0 Å². The maximum Gasteiger partial charge on any atom is 0.157 e. The monoisotopic (exact) mass is 687 g/mol. The number of fused-ring (bicyclic) bond motifs is 9. The van der Waals surface area contributed by atoms with Crippen molar-refractivity contribution in [2.45, 2.75) is 25.3 Å². The van der Waals surface area contributed by atoms with E-state index >= 15 is 0 Å². The summed E-state index contributed by atoms with van der Waals surface area (Å²) in [5.74, 6) is 3.08. The Morgan fingerprint density at radius 3 is 2.21 bits per heavy atom. The van der Waals surface area contributed by atoms with Crippen LogP contribution in [0.4, 0.5) is 0 Å². The van der Waals surface area contributed by atoms with Crippen molar-refractivity contribution in [1.82, 2.24) is 9.88 Å². The van der Waals surface area contributed by atoms with Crippen LogP contribution in [0.15, 0.2) is 156 Å². The number of thiophene rings is 1. The van der Waals surface area contributed by atoms with Gasteiger partial charge >= 0.3 is 0 Å². The van der Waals surface area contributed by atoms with E-state index in [0.717, 1.165) is 63.0 Å². The fourth-order valence-corrected chi connectivity index (χ4v) is 9.80. The molecule has 3 aliphatic rings. The molecule has 8 aromatic rings. The molecule has 4 heterocycles. The van der Waals surface area contributed by atoms with Gasteiger partial charge in [0.25, 0.3) is 0 Å². The van der Waals surface area contributed by atoms with E-state index in [1.807, 2.05) is 17.4 Å². The standard InChI is InChI=1S/C47H33N3OS/c1-28-11-9-20-41-42(28)36-16-10-17-37(46(36)52-41)44-45-43(48-47(49-44)30-12-3-2-4-13-30)35-26-23-31(27-40(35)51-45)29-21-24-32(25-22-29)50-38-18-7-5-14-33(38)34-15-6-8-19-39(34)50/h2-10,12-28,43H,11H2,1H3,(H,48,49). The lowest BCUT2D eigenvalue weighted by molar-refractivity contribution is 0.421. The highest BCUT2D eigenvalue weighted by Gasteiger charge is 2.38. The highest BCUT2D eigenvalue weighted by molar-refractivity contribution is 7.20. The van der Waals surface area contributed by atoms with Gasteiger partial charge in [-0.2, -0.15) is 0 Å². The Kier molecular flexibility index (Phi) is 6.49. The van der Waals surface area contributed by atoms with Gasteiger partial charge in [-0.15, -0.1) is 11.3 Å². The first kappa shape index (κ1) is 29.5. The Morgan fingerprint density at radius 1 is 0.712 bits per heavy atom. The summed E-state index contributed by atoms with van der Waals surface area (Å²) in [4.78, 5) is 6.68. The number of aliphatic imine (C=N–C) groups is 1. The Labute approximate surface area is 305 Å². The van der Waals surface area contributed by atoms with Crippen molar-refractivity contribution in [1.29, 1.82) is 0 Å². The summed E-state index contributed by atoms with van der Waals surface area (Å²) in [6.07, 6.45) is 5.68. The second-order valence-electron chi connectivity index (χ2n) is 14.0. The van der Waals surface area contributed by atoms with Crippen LogP contribution in [0.25, 0.3) is 60.5 Å². The van der Waals surface area contributed by atoms with Gasteiger partial charge in [0.2, 0.25) is 0 Å². The summed E-state index contributed by atoms with van der Waals surface area (Å²) in [6.45, 7) is 2.33. The minimum absolute atomic E-state index is 0.145. The largest absolute Gasteiger partial charge is 0.456 e. The normalized spacial score (nSPS) is 17.5. The first-order chi connectivity index (χ1) is 25.7. The average Bonchev–Trinajstić information content (AvgIpc) is 3.88. The molecule has 52 heavy (non-hydrogen) atoms. The lowest BCUT2D eigenvalue weighted by atomic mass is 9.90. The van der Waals surface area contributed by atoms with Crippen LogP contribution in [-0.4, -0.2) is 10.4 Å². The van der Waals surface area contributed by atoms with Crippen molar-refractivity contribution in [3.8, 4) is 22.6 Å². The van der Waals surface area contributed by atoms with Crippen LogP contribution in [0, 0.1) is 0 Å². The molecule has 2 aromatic heterocycles. The number of rotatable bonds is 4. The zero-order chi connectivity index (χ0) is 34.3. The van der Waals surface area contributed by atoms with Crippen LogP contribution in [0.5, 0.6) is 5.75 Å². The molecule has 4 nitrogen and oxygen atoms in total. The van der Waals surface area contributed by atoms with Gasteiger partial charge < -0.3 is 14.6 Å². The molecule has 0 radical (unpaired) electrons. The van der Waals surface area contributed by atoms with Gasteiger partial charge in [0.15, 0.2) is 5.76 Å². The van der Waals surface area contributed by atoms with Gasteiger partial charge in [0, 0.05) is 42.7 Å². The summed E-state index contributed by atoms with van der Waals surface area (Å²) in [6, 6.07) is 49.7. The molecular formula is C47H33N3OS. The average molecular weight is 688 g/mol. The minimum Gasteiger partial charge on any atom is -0.456 e. The molecule has 0 saturated heterocycles. The van der Waals surface area contributed by atoms with E-state index in [1.165, 1.54) is 42.3 Å². The maximum atomic E-state index is 6.87. The molecule has 0 amide bonds. The van der Waals surface area contributed by atoms with Crippen LogP contribution < -0.4 is 10.1 Å². The fraction of sp³-hybridized carbons (Fsp3) is 0.0851. The van der Waals surface area contributed by atoms with E-state index in [-0.39, 0.29) is 6.04 Å². The van der Waals surface area contributed by atoms with Crippen LogP contribution in [0.3, 0.4) is 0 Å². The second kappa shape index (κ2) is 11.4. The van der Waals surface area contributed by atoms with Crippen molar-refractivity contribution >= 4 is 60.8 Å². The van der Waals surface area contributed by atoms with Gasteiger partial charge in [0.05, 0.1) is 11.0 Å². The zero-order valence-corrected chi connectivity index (χ0v) is 29.3. The number of para-hydroxylation sites is 2. The molecule has 0 saturated carbocycles. The summed E-state index contributed by atoms with van der Waals surface area (Å²) in [7, 11) is 0. The molecule has 0 bridgehead atoms. The maximum absolute atomic E-state index is 6.87. The number of hydrogen-bond donors (Lipinski definition) is 1. The number of nitrogens with one attached hydrogen (secondary N) is 1. The third kappa shape index (κ3) is 4.42. The summed E-state index contributed by atoms with van der Waals surface area (Å²) >= 11 is 1.87. The molecule has 0 fully saturated rings. The Morgan fingerprint density at radius 2 is 1.42 bits per heavy atom. The van der Waals surface area contributed by atoms with Crippen LogP contribution in [0.1, 0.15) is 52.4 Å². The summed E-state index contributed by atoms with van der Waals surface area (Å²) < 4.78 is 10.5. The first-order valence-corrected chi connectivity index (χ1v) is 18.8. The molecule has 2 aliphatic heterocycles. The smallest absolute Gasteiger partial charge is 0.157 e. The van der Waals surface area contributed by atoms with Crippen molar-refractivity contribution in [3.05, 3.63) is 178 Å². The quantitative estimate of drug-likeness (QED) is 0.200. The van der Waals surface area contributed by atoms with E-state index < -0.39 is 0 Å². The fourth-order valence-electron chi connectivity index (χ4n) is 8.44. The second-order valence-corrected chi connectivity index (χ2v) is 15.0. The Balaban J connectivity index is 1.01. The molecule has 6 aromatic carbocycles. The third-order valence-electron chi connectivity index (χ3n) is 10.9. The number of allylic oxidation sites excluding steroid dienone is 1. The molecule has 2 unspecified atom stereocenters. The number of nitrogens with zero attached hydrogens (tertiary/aromatic N) is 2. The topological polar surface area (TPSA) is 38.5 Å². The minimum atomic E-state index is -0.145.